The molecule has 0 saturated carbocycles. The molecule has 3 rings (SSSR count). The fourth-order valence-electron chi connectivity index (χ4n) is 1.82. The minimum Gasteiger partial charge on any atom is -0.399 e. The van der Waals surface area contributed by atoms with Gasteiger partial charge in [0, 0.05) is 15.3 Å². The Morgan fingerprint density at radius 2 is 1.75 bits per heavy atom. The quantitative estimate of drug-likeness (QED) is 0.618. The highest BCUT2D eigenvalue weighted by Crippen LogP contribution is 2.33. The molecule has 2 heteroatoms. The van der Waals surface area contributed by atoms with Crippen molar-refractivity contribution in [3.05, 3.63) is 54.6 Å². The Hall–Kier alpha value is -1.80. The van der Waals surface area contributed by atoms with Crippen LogP contribution in [0.25, 0.3) is 20.5 Å². The van der Waals surface area contributed by atoms with Crippen molar-refractivity contribution in [2.24, 2.45) is 0 Å². The third kappa shape index (κ3) is 1.57. The lowest BCUT2D eigenvalue weighted by molar-refractivity contribution is 1.68. The molecule has 2 N–H and O–H groups in total. The van der Waals surface area contributed by atoms with E-state index in [0.29, 0.717) is 0 Å². The summed E-state index contributed by atoms with van der Waals surface area (Å²) in [6.45, 7) is 0. The van der Waals surface area contributed by atoms with Crippen LogP contribution in [0.15, 0.2) is 54.6 Å². The second kappa shape index (κ2) is 3.65. The van der Waals surface area contributed by atoms with Crippen molar-refractivity contribution in [3.63, 3.8) is 0 Å². The molecule has 3 aromatic rings. The van der Waals surface area contributed by atoms with Gasteiger partial charge in [0.05, 0.1) is 0 Å². The number of nitrogen functional groups attached to an aromatic ring is 1. The van der Waals surface area contributed by atoms with E-state index < -0.39 is 0 Å². The van der Waals surface area contributed by atoms with E-state index in [1.807, 2.05) is 18.2 Å². The molecule has 0 unspecified atom stereocenters. The number of thiophene rings is 1. The Morgan fingerprint density at radius 3 is 2.56 bits per heavy atom. The van der Waals surface area contributed by atoms with Crippen LogP contribution in [-0.2, 0) is 0 Å². The number of hydrogen-bond acceptors (Lipinski definition) is 2. The minimum absolute atomic E-state index is 0.815. The average molecular weight is 225 g/mol. The summed E-state index contributed by atoms with van der Waals surface area (Å²) in [5.41, 5.74) is 7.81. The van der Waals surface area contributed by atoms with E-state index in [1.54, 1.807) is 11.3 Å². The number of nitrogens with two attached hydrogens (primary N) is 1. The highest BCUT2D eigenvalue weighted by Gasteiger charge is 2.03. The van der Waals surface area contributed by atoms with Crippen molar-refractivity contribution in [1.29, 1.82) is 0 Å². The summed E-state index contributed by atoms with van der Waals surface area (Å²) < 4.78 is 1.32. The van der Waals surface area contributed by atoms with Crippen molar-refractivity contribution < 1.29 is 0 Å². The molecule has 0 amide bonds. The number of benzene rings is 2. The van der Waals surface area contributed by atoms with Crippen molar-refractivity contribution in [1.82, 2.24) is 0 Å². The van der Waals surface area contributed by atoms with Crippen LogP contribution in [-0.4, -0.2) is 0 Å². The predicted octanol–water partition coefficient (Wildman–Crippen LogP) is 4.15. The third-order valence-electron chi connectivity index (χ3n) is 2.60. The van der Waals surface area contributed by atoms with Crippen LogP contribution in [0.2, 0.25) is 0 Å². The van der Waals surface area contributed by atoms with Gasteiger partial charge in [-0.15, -0.1) is 11.3 Å². The van der Waals surface area contributed by atoms with E-state index in [2.05, 4.69) is 36.4 Å². The van der Waals surface area contributed by atoms with Crippen LogP contribution in [0.5, 0.6) is 0 Å². The Balaban J connectivity index is 2.19. The van der Waals surface area contributed by atoms with E-state index in [4.69, 9.17) is 5.73 Å². The highest BCUT2D eigenvalue weighted by molar-refractivity contribution is 7.22. The van der Waals surface area contributed by atoms with Crippen molar-refractivity contribution in [3.8, 4) is 10.4 Å². The second-order valence-electron chi connectivity index (χ2n) is 3.77. The maximum Gasteiger partial charge on any atom is 0.0356 e. The first kappa shape index (κ1) is 9.43. The first-order valence-electron chi connectivity index (χ1n) is 5.17. The molecule has 0 saturated heterocycles. The van der Waals surface area contributed by atoms with Crippen molar-refractivity contribution in [2.75, 3.05) is 5.73 Å². The smallest absolute Gasteiger partial charge is 0.0356 e. The van der Waals surface area contributed by atoms with Gasteiger partial charge in [0.15, 0.2) is 0 Å². The second-order valence-corrected chi connectivity index (χ2v) is 4.86. The summed E-state index contributed by atoms with van der Waals surface area (Å²) in [5.74, 6) is 0. The Kier molecular flexibility index (Phi) is 2.15. The summed E-state index contributed by atoms with van der Waals surface area (Å²) in [5, 5.41) is 1.30. The lowest BCUT2D eigenvalue weighted by atomic mass is 10.1. The van der Waals surface area contributed by atoms with Crippen LogP contribution in [0.3, 0.4) is 0 Å². The highest BCUT2D eigenvalue weighted by atomic mass is 32.1. The SMILES string of the molecule is Nc1cccc(-c2cc3ccccc3s2)c1. The van der Waals surface area contributed by atoms with E-state index in [0.717, 1.165) is 5.69 Å². The van der Waals surface area contributed by atoms with Crippen LogP contribution in [0, 0.1) is 0 Å². The number of anilines is 1. The Morgan fingerprint density at radius 1 is 0.875 bits per heavy atom. The van der Waals surface area contributed by atoms with Gasteiger partial charge in [-0.1, -0.05) is 30.3 Å². The molecule has 0 atom stereocenters. The van der Waals surface area contributed by atoms with E-state index in [1.165, 1.54) is 20.5 Å². The molecule has 1 aromatic heterocycles. The molecule has 78 valence electrons. The Bertz CT molecular complexity index is 607. The zero-order chi connectivity index (χ0) is 11.0. The zero-order valence-corrected chi connectivity index (χ0v) is 9.50. The van der Waals surface area contributed by atoms with E-state index in [-0.39, 0.29) is 0 Å². The fraction of sp³-hybridized carbons (Fsp3) is 0. The molecule has 1 heterocycles. The molecule has 0 aliphatic rings. The third-order valence-corrected chi connectivity index (χ3v) is 3.76. The van der Waals surface area contributed by atoms with Gasteiger partial charge in [0.1, 0.15) is 0 Å². The summed E-state index contributed by atoms with van der Waals surface area (Å²) >= 11 is 1.80. The number of hydrogen-bond donors (Lipinski definition) is 1. The van der Waals surface area contributed by atoms with Crippen LogP contribution < -0.4 is 5.73 Å². The van der Waals surface area contributed by atoms with Crippen molar-refractivity contribution >= 4 is 27.1 Å². The number of fused-ring (bicyclic) bond motifs is 1. The van der Waals surface area contributed by atoms with Gasteiger partial charge in [-0.2, -0.15) is 0 Å². The van der Waals surface area contributed by atoms with Gasteiger partial charge >= 0.3 is 0 Å². The monoisotopic (exact) mass is 225 g/mol. The lowest BCUT2D eigenvalue weighted by Crippen LogP contribution is -1.83. The van der Waals surface area contributed by atoms with Gasteiger partial charge in [-0.25, -0.2) is 0 Å². The minimum atomic E-state index is 0.815. The van der Waals surface area contributed by atoms with E-state index in [9.17, 15) is 0 Å². The van der Waals surface area contributed by atoms with Gasteiger partial charge in [-0.05, 0) is 35.2 Å². The molecular weight excluding hydrogens is 214 g/mol. The maximum atomic E-state index is 5.79. The molecule has 16 heavy (non-hydrogen) atoms. The molecular formula is C14H11NS. The van der Waals surface area contributed by atoms with Gasteiger partial charge in [0.25, 0.3) is 0 Å². The summed E-state index contributed by atoms with van der Waals surface area (Å²) in [6, 6.07) is 18.7. The molecule has 0 radical (unpaired) electrons. The van der Waals surface area contributed by atoms with Crippen LogP contribution in [0.4, 0.5) is 5.69 Å². The lowest BCUT2D eigenvalue weighted by Gasteiger charge is -1.97. The molecule has 0 fully saturated rings. The summed E-state index contributed by atoms with van der Waals surface area (Å²) in [4.78, 5) is 1.27. The normalized spacial score (nSPS) is 10.8. The molecule has 1 nitrogen and oxygen atoms in total. The molecule has 0 aliphatic carbocycles. The van der Waals surface area contributed by atoms with Gasteiger partial charge < -0.3 is 5.73 Å². The molecule has 2 aromatic carbocycles. The van der Waals surface area contributed by atoms with Gasteiger partial charge in [-0.3, -0.25) is 0 Å². The Labute approximate surface area is 98.2 Å². The topological polar surface area (TPSA) is 26.0 Å². The zero-order valence-electron chi connectivity index (χ0n) is 8.68. The average Bonchev–Trinajstić information content (AvgIpc) is 2.72. The van der Waals surface area contributed by atoms with Crippen LogP contribution in [0.1, 0.15) is 0 Å². The standard InChI is InChI=1S/C14H11NS/c15-12-6-3-5-10(8-12)14-9-11-4-1-2-7-13(11)16-14/h1-9H,15H2. The van der Waals surface area contributed by atoms with Gasteiger partial charge in [0.2, 0.25) is 0 Å². The first-order valence-corrected chi connectivity index (χ1v) is 5.99. The maximum absolute atomic E-state index is 5.79. The fourth-order valence-corrected chi connectivity index (χ4v) is 2.88. The summed E-state index contributed by atoms with van der Waals surface area (Å²) in [6.07, 6.45) is 0. The molecule has 0 spiro atoms. The summed E-state index contributed by atoms with van der Waals surface area (Å²) in [7, 11) is 0. The van der Waals surface area contributed by atoms with Crippen LogP contribution >= 0.6 is 11.3 Å². The molecule has 0 bridgehead atoms. The first-order chi connectivity index (χ1) is 7.83. The predicted molar refractivity (Wildman–Crippen MR) is 71.7 cm³/mol. The molecule has 0 aliphatic heterocycles. The largest absolute Gasteiger partial charge is 0.399 e. The number of rotatable bonds is 1. The van der Waals surface area contributed by atoms with E-state index >= 15 is 0 Å². The van der Waals surface area contributed by atoms with Crippen molar-refractivity contribution in [2.45, 2.75) is 0 Å².